The number of hydrogen-bond acceptors (Lipinski definition) is 3. The third kappa shape index (κ3) is 4.04. The third-order valence-corrected chi connectivity index (χ3v) is 7.84. The van der Waals surface area contributed by atoms with E-state index in [1.807, 2.05) is 10.8 Å². The van der Waals surface area contributed by atoms with Gasteiger partial charge in [-0.15, -0.1) is 0 Å². The van der Waals surface area contributed by atoms with Crippen LogP contribution in [-0.4, -0.2) is 19.0 Å². The largest absolute Gasteiger partial charge is 0.417 e. The van der Waals surface area contributed by atoms with Crippen LogP contribution in [0, 0.1) is 17.1 Å². The van der Waals surface area contributed by atoms with Gasteiger partial charge in [0.15, 0.2) is 0 Å². The van der Waals surface area contributed by atoms with Gasteiger partial charge in [-0.25, -0.2) is 18.3 Å². The molecule has 33 heavy (non-hydrogen) atoms. The highest BCUT2D eigenvalue weighted by atomic mass is 32.2. The fourth-order valence-electron chi connectivity index (χ4n) is 4.24. The number of nitriles is 1. The average molecular weight is 476 g/mol. The maximum atomic E-state index is 15.3. The Morgan fingerprint density at radius 3 is 2.61 bits per heavy atom. The molecule has 2 aliphatic rings. The van der Waals surface area contributed by atoms with Crippen LogP contribution >= 0.6 is 0 Å². The lowest BCUT2D eigenvalue weighted by Crippen LogP contribution is -2.20. The van der Waals surface area contributed by atoms with Crippen LogP contribution in [-0.2, 0) is 23.7 Å². The van der Waals surface area contributed by atoms with Crippen LogP contribution in [0.3, 0.4) is 0 Å². The van der Waals surface area contributed by atoms with Crippen LogP contribution < -0.4 is 4.72 Å². The zero-order valence-corrected chi connectivity index (χ0v) is 18.3. The molecule has 0 bridgehead atoms. The van der Waals surface area contributed by atoms with E-state index in [4.69, 9.17) is 0 Å². The van der Waals surface area contributed by atoms with Crippen molar-refractivity contribution < 1.29 is 21.8 Å². The summed E-state index contributed by atoms with van der Waals surface area (Å²) in [6, 6.07) is 5.19. The first-order valence-electron chi connectivity index (χ1n) is 10.7. The molecule has 2 aliphatic carbocycles. The van der Waals surface area contributed by atoms with Gasteiger partial charge in [-0.1, -0.05) is 0 Å². The highest BCUT2D eigenvalue weighted by molar-refractivity contribution is 7.83. The monoisotopic (exact) mass is 476 g/mol. The Morgan fingerprint density at radius 2 is 2.00 bits per heavy atom. The molecule has 5 nitrogen and oxygen atoms in total. The number of benzene rings is 1. The molecule has 1 atom stereocenters. The minimum absolute atomic E-state index is 0.143. The summed E-state index contributed by atoms with van der Waals surface area (Å²) in [4.78, 5) is 3.75. The second-order valence-electron chi connectivity index (χ2n) is 8.51. The van der Waals surface area contributed by atoms with Crippen molar-refractivity contribution in [3.05, 3.63) is 53.2 Å². The maximum Gasteiger partial charge on any atom is 0.417 e. The number of hydrogen-bond donors (Lipinski definition) is 1. The number of nitrogens with one attached hydrogen (secondary N) is 1. The summed E-state index contributed by atoms with van der Waals surface area (Å²) >= 11 is 0. The van der Waals surface area contributed by atoms with E-state index >= 15 is 4.39 Å². The number of halogens is 4. The SMILES string of the molecule is N#Cc1nccc(C(F)(F)F)c1-c1cc2c(cc1F)c(CNS(=O)C1CC1)cn2C1CCC1. The van der Waals surface area contributed by atoms with E-state index in [0.717, 1.165) is 49.9 Å². The summed E-state index contributed by atoms with van der Waals surface area (Å²) in [5.74, 6) is -0.867. The molecule has 0 amide bonds. The van der Waals surface area contributed by atoms with Crippen LogP contribution in [0.15, 0.2) is 30.6 Å². The van der Waals surface area contributed by atoms with Gasteiger partial charge in [-0.2, -0.15) is 18.4 Å². The molecule has 5 rings (SSSR count). The first-order valence-corrected chi connectivity index (χ1v) is 11.9. The van der Waals surface area contributed by atoms with Crippen LogP contribution in [0.25, 0.3) is 22.0 Å². The van der Waals surface area contributed by atoms with Gasteiger partial charge in [0.1, 0.15) is 17.6 Å². The molecule has 1 aromatic carbocycles. The summed E-state index contributed by atoms with van der Waals surface area (Å²) in [6.07, 6.45) is 2.70. The molecule has 2 aromatic heterocycles. The second-order valence-corrected chi connectivity index (χ2v) is 10.1. The molecule has 0 spiro atoms. The molecular weight excluding hydrogens is 456 g/mol. The van der Waals surface area contributed by atoms with Crippen molar-refractivity contribution in [2.24, 2.45) is 0 Å². The molecule has 3 aromatic rings. The van der Waals surface area contributed by atoms with Gasteiger partial charge in [-0.05, 0) is 55.9 Å². The minimum atomic E-state index is -4.77. The molecule has 10 heteroatoms. The van der Waals surface area contributed by atoms with Crippen LogP contribution in [0.1, 0.15) is 55.0 Å². The predicted octanol–water partition coefficient (Wildman–Crippen LogP) is 5.37. The molecule has 0 aliphatic heterocycles. The first-order chi connectivity index (χ1) is 15.8. The van der Waals surface area contributed by atoms with Gasteiger partial charge in [0.05, 0.1) is 16.5 Å². The molecule has 1 unspecified atom stereocenters. The average Bonchev–Trinajstić information content (AvgIpc) is 3.54. The van der Waals surface area contributed by atoms with Gasteiger partial charge in [0.25, 0.3) is 0 Å². The maximum absolute atomic E-state index is 15.3. The number of rotatable bonds is 6. The molecule has 2 saturated carbocycles. The predicted molar refractivity (Wildman–Crippen MR) is 116 cm³/mol. The lowest BCUT2D eigenvalue weighted by molar-refractivity contribution is -0.137. The first kappa shape index (κ1) is 22.0. The normalized spacial score (nSPS) is 17.7. The van der Waals surface area contributed by atoms with Crippen molar-refractivity contribution in [1.29, 1.82) is 5.26 Å². The van der Waals surface area contributed by atoms with Gasteiger partial charge in [0.2, 0.25) is 0 Å². The number of alkyl halides is 3. The van der Waals surface area contributed by atoms with Crippen molar-refractivity contribution in [1.82, 2.24) is 14.3 Å². The Morgan fingerprint density at radius 1 is 1.24 bits per heavy atom. The van der Waals surface area contributed by atoms with Gasteiger partial charge in [0, 0.05) is 52.3 Å². The Kier molecular flexibility index (Phi) is 5.49. The number of pyridine rings is 1. The molecule has 0 saturated heterocycles. The zero-order valence-electron chi connectivity index (χ0n) is 17.5. The smallest absolute Gasteiger partial charge is 0.344 e. The summed E-state index contributed by atoms with van der Waals surface area (Å²) < 4.78 is 73.6. The standard InChI is InChI=1S/C23H20F4N4OS/c24-19-8-16-13(11-30-33(32)15-4-5-15)12-31(14-2-1-3-14)21(16)9-17(19)22-18(23(25,26)27)6-7-29-20(22)10-28/h6-9,12,14-15,30H,1-5,11H2. The Hall–Kier alpha value is -2.77. The summed E-state index contributed by atoms with van der Waals surface area (Å²) in [7, 11) is -1.17. The Labute approximate surface area is 190 Å². The molecule has 2 heterocycles. The summed E-state index contributed by atoms with van der Waals surface area (Å²) in [5, 5.41) is 10.1. The molecule has 2 fully saturated rings. The number of fused-ring (bicyclic) bond motifs is 1. The van der Waals surface area contributed by atoms with E-state index in [0.29, 0.717) is 10.9 Å². The van der Waals surface area contributed by atoms with Gasteiger partial charge < -0.3 is 4.57 Å². The van der Waals surface area contributed by atoms with Crippen LogP contribution in [0.4, 0.5) is 17.6 Å². The van der Waals surface area contributed by atoms with Crippen molar-refractivity contribution in [2.75, 3.05) is 0 Å². The summed E-state index contributed by atoms with van der Waals surface area (Å²) in [5.41, 5.74) is -1.12. The Balaban J connectivity index is 1.66. The van der Waals surface area contributed by atoms with E-state index < -0.39 is 39.8 Å². The van der Waals surface area contributed by atoms with E-state index in [2.05, 4.69) is 9.71 Å². The molecule has 172 valence electrons. The molecule has 0 radical (unpaired) electrons. The molecular formula is C23H20F4N4OS. The van der Waals surface area contributed by atoms with Crippen molar-refractivity contribution >= 4 is 21.9 Å². The number of aromatic nitrogens is 2. The fraction of sp³-hybridized carbons (Fsp3) is 0.391. The number of nitrogens with zero attached hydrogens (tertiary/aromatic N) is 3. The topological polar surface area (TPSA) is 70.7 Å². The highest BCUT2D eigenvalue weighted by Gasteiger charge is 2.36. The quantitative estimate of drug-likeness (QED) is 0.486. The van der Waals surface area contributed by atoms with Crippen LogP contribution in [0.2, 0.25) is 0 Å². The van der Waals surface area contributed by atoms with Gasteiger partial charge in [-0.3, -0.25) is 0 Å². The lowest BCUT2D eigenvalue weighted by atomic mass is 9.92. The van der Waals surface area contributed by atoms with E-state index in [1.54, 1.807) is 6.07 Å². The van der Waals surface area contributed by atoms with Crippen molar-refractivity contribution in [3.63, 3.8) is 0 Å². The van der Waals surface area contributed by atoms with Gasteiger partial charge >= 0.3 is 6.18 Å². The van der Waals surface area contributed by atoms with E-state index in [1.165, 1.54) is 12.1 Å². The van der Waals surface area contributed by atoms with E-state index in [9.17, 15) is 22.6 Å². The minimum Gasteiger partial charge on any atom is -0.344 e. The van der Waals surface area contributed by atoms with Crippen molar-refractivity contribution in [3.8, 4) is 17.2 Å². The fourth-order valence-corrected chi connectivity index (χ4v) is 5.34. The second kappa shape index (κ2) is 8.22. The molecule has 1 N–H and O–H groups in total. The third-order valence-electron chi connectivity index (χ3n) is 6.34. The zero-order chi connectivity index (χ0) is 23.3. The highest BCUT2D eigenvalue weighted by Crippen LogP contribution is 2.42. The lowest BCUT2D eigenvalue weighted by Gasteiger charge is -2.28. The summed E-state index contributed by atoms with van der Waals surface area (Å²) in [6.45, 7) is 0.266. The van der Waals surface area contributed by atoms with E-state index in [-0.39, 0.29) is 23.4 Å². The van der Waals surface area contributed by atoms with Crippen LogP contribution in [0.5, 0.6) is 0 Å². The van der Waals surface area contributed by atoms with Crippen molar-refractivity contribution in [2.45, 2.75) is 56.1 Å². The Bertz CT molecular complexity index is 1300.